The molecule has 21 heavy (non-hydrogen) atoms. The molecule has 0 bridgehead atoms. The molecule has 3 rings (SSSR count). The highest BCUT2D eigenvalue weighted by molar-refractivity contribution is 6.29. The minimum Gasteiger partial charge on any atom is -0.485 e. The monoisotopic (exact) mass is 304 g/mol. The van der Waals surface area contributed by atoms with Crippen molar-refractivity contribution >= 4 is 11.6 Å². The van der Waals surface area contributed by atoms with Crippen molar-refractivity contribution < 1.29 is 9.47 Å². The van der Waals surface area contributed by atoms with Gasteiger partial charge in [-0.3, -0.25) is 0 Å². The topological polar surface area (TPSA) is 44.2 Å². The number of benzene rings is 1. The summed E-state index contributed by atoms with van der Waals surface area (Å²) in [6.45, 7) is 6.63. The zero-order valence-electron chi connectivity index (χ0n) is 12.3. The SMILES string of the molecule is CC(C)(C)c1cc(Cl)nc(C2COc3ccccc3O2)n1. The Morgan fingerprint density at radius 3 is 2.57 bits per heavy atom. The Balaban J connectivity index is 1.94. The smallest absolute Gasteiger partial charge is 0.192 e. The number of rotatable bonds is 1. The van der Waals surface area contributed by atoms with Crippen LogP contribution in [0.1, 0.15) is 38.4 Å². The van der Waals surface area contributed by atoms with Gasteiger partial charge in [0.25, 0.3) is 0 Å². The number of aromatic nitrogens is 2. The number of fused-ring (bicyclic) bond motifs is 1. The highest BCUT2D eigenvalue weighted by Gasteiger charge is 2.27. The van der Waals surface area contributed by atoms with E-state index >= 15 is 0 Å². The van der Waals surface area contributed by atoms with Crippen LogP contribution in [0.2, 0.25) is 5.15 Å². The van der Waals surface area contributed by atoms with Crippen LogP contribution in [0.4, 0.5) is 0 Å². The van der Waals surface area contributed by atoms with Crippen molar-refractivity contribution in [1.82, 2.24) is 9.97 Å². The predicted octanol–water partition coefficient (Wildman–Crippen LogP) is 3.94. The first-order chi connectivity index (χ1) is 9.93. The number of hydrogen-bond donors (Lipinski definition) is 0. The Hall–Kier alpha value is -1.81. The number of para-hydroxylation sites is 2. The van der Waals surface area contributed by atoms with Crippen LogP contribution in [0.3, 0.4) is 0 Å². The second-order valence-electron chi connectivity index (χ2n) is 6.05. The van der Waals surface area contributed by atoms with Crippen LogP contribution in [0.25, 0.3) is 0 Å². The molecule has 0 N–H and O–H groups in total. The molecular weight excluding hydrogens is 288 g/mol. The molecule has 4 nitrogen and oxygen atoms in total. The van der Waals surface area contributed by atoms with Gasteiger partial charge in [-0.2, -0.15) is 0 Å². The van der Waals surface area contributed by atoms with E-state index in [1.165, 1.54) is 0 Å². The molecule has 1 unspecified atom stereocenters. The van der Waals surface area contributed by atoms with Gasteiger partial charge < -0.3 is 9.47 Å². The predicted molar refractivity (Wildman–Crippen MR) is 81.0 cm³/mol. The summed E-state index contributed by atoms with van der Waals surface area (Å²) >= 11 is 6.13. The number of nitrogens with zero attached hydrogens (tertiary/aromatic N) is 2. The molecule has 2 heterocycles. The first-order valence-corrected chi connectivity index (χ1v) is 7.25. The summed E-state index contributed by atoms with van der Waals surface area (Å²) in [4.78, 5) is 8.89. The Labute approximate surface area is 129 Å². The van der Waals surface area contributed by atoms with E-state index in [0.29, 0.717) is 23.3 Å². The van der Waals surface area contributed by atoms with Gasteiger partial charge in [-0.15, -0.1) is 0 Å². The maximum Gasteiger partial charge on any atom is 0.192 e. The van der Waals surface area contributed by atoms with Gasteiger partial charge >= 0.3 is 0 Å². The van der Waals surface area contributed by atoms with Gasteiger partial charge in [0.05, 0.1) is 5.69 Å². The molecule has 110 valence electrons. The fraction of sp³-hybridized carbons (Fsp3) is 0.375. The van der Waals surface area contributed by atoms with E-state index in [0.717, 1.165) is 11.4 Å². The summed E-state index contributed by atoms with van der Waals surface area (Å²) in [5, 5.41) is 0.424. The Morgan fingerprint density at radius 1 is 1.14 bits per heavy atom. The minimum absolute atomic E-state index is 0.102. The van der Waals surface area contributed by atoms with Gasteiger partial charge in [-0.1, -0.05) is 44.5 Å². The van der Waals surface area contributed by atoms with Crippen molar-refractivity contribution in [3.8, 4) is 11.5 Å². The summed E-state index contributed by atoms with van der Waals surface area (Å²) in [6, 6.07) is 9.37. The molecule has 5 heteroatoms. The van der Waals surface area contributed by atoms with Crippen molar-refractivity contribution in [2.75, 3.05) is 6.61 Å². The lowest BCUT2D eigenvalue weighted by atomic mass is 9.92. The van der Waals surface area contributed by atoms with E-state index in [9.17, 15) is 0 Å². The average molecular weight is 305 g/mol. The van der Waals surface area contributed by atoms with Gasteiger partial charge in [0.2, 0.25) is 0 Å². The average Bonchev–Trinajstić information content (AvgIpc) is 2.45. The maximum atomic E-state index is 6.13. The molecule has 1 aliphatic rings. The molecular formula is C16H17ClN2O2. The second-order valence-corrected chi connectivity index (χ2v) is 6.44. The van der Waals surface area contributed by atoms with Gasteiger partial charge in [-0.05, 0) is 18.2 Å². The number of halogens is 1. The second kappa shape index (κ2) is 5.19. The van der Waals surface area contributed by atoms with Crippen LogP contribution >= 0.6 is 11.6 Å². The van der Waals surface area contributed by atoms with Gasteiger partial charge in [0.1, 0.15) is 11.8 Å². The lowest BCUT2D eigenvalue weighted by Gasteiger charge is -2.26. The van der Waals surface area contributed by atoms with Crippen molar-refractivity contribution in [3.05, 3.63) is 47.0 Å². The normalized spacial score (nSPS) is 17.6. The highest BCUT2D eigenvalue weighted by Crippen LogP contribution is 2.35. The lowest BCUT2D eigenvalue weighted by molar-refractivity contribution is 0.0847. The summed E-state index contributed by atoms with van der Waals surface area (Å²) in [7, 11) is 0. The van der Waals surface area contributed by atoms with E-state index in [2.05, 4.69) is 30.7 Å². The summed E-state index contributed by atoms with van der Waals surface area (Å²) in [5.41, 5.74) is 0.786. The van der Waals surface area contributed by atoms with Crippen LogP contribution in [0, 0.1) is 0 Å². The lowest BCUT2D eigenvalue weighted by Crippen LogP contribution is -2.25. The fourth-order valence-corrected chi connectivity index (χ4v) is 2.30. The molecule has 2 aromatic rings. The molecule has 0 saturated heterocycles. The van der Waals surface area contributed by atoms with Gasteiger partial charge in [-0.25, -0.2) is 9.97 Å². The molecule has 1 aromatic carbocycles. The molecule has 0 aliphatic carbocycles. The summed E-state index contributed by atoms with van der Waals surface area (Å²) < 4.78 is 11.6. The van der Waals surface area contributed by atoms with Gasteiger partial charge in [0, 0.05) is 5.41 Å². The minimum atomic E-state index is -0.348. The maximum absolute atomic E-state index is 6.13. The summed E-state index contributed by atoms with van der Waals surface area (Å²) in [6.07, 6.45) is -0.348. The molecule has 0 amide bonds. The van der Waals surface area contributed by atoms with E-state index in [1.807, 2.05) is 24.3 Å². The third-order valence-corrected chi connectivity index (χ3v) is 3.47. The zero-order chi connectivity index (χ0) is 15.0. The standard InChI is InChI=1S/C16H17ClN2O2/c1-16(2,3)13-8-14(17)19-15(18-13)12-9-20-10-6-4-5-7-11(10)21-12/h4-8,12H,9H2,1-3H3. The Bertz CT molecular complexity index is 668. The molecule has 0 spiro atoms. The largest absolute Gasteiger partial charge is 0.485 e. The van der Waals surface area contributed by atoms with Crippen molar-refractivity contribution in [2.24, 2.45) is 0 Å². The first kappa shape index (κ1) is 14.1. The third kappa shape index (κ3) is 2.95. The van der Waals surface area contributed by atoms with Crippen molar-refractivity contribution in [3.63, 3.8) is 0 Å². The molecule has 1 aromatic heterocycles. The van der Waals surface area contributed by atoms with Crippen LogP contribution in [-0.2, 0) is 5.41 Å². The molecule has 1 atom stereocenters. The van der Waals surface area contributed by atoms with Crippen LogP contribution in [0.5, 0.6) is 11.5 Å². The highest BCUT2D eigenvalue weighted by atomic mass is 35.5. The fourth-order valence-electron chi connectivity index (χ4n) is 2.11. The Kier molecular flexibility index (Phi) is 3.49. The van der Waals surface area contributed by atoms with E-state index in [4.69, 9.17) is 21.1 Å². The Morgan fingerprint density at radius 2 is 1.86 bits per heavy atom. The molecule has 0 fully saturated rings. The number of hydrogen-bond acceptors (Lipinski definition) is 4. The van der Waals surface area contributed by atoms with Crippen LogP contribution in [0.15, 0.2) is 30.3 Å². The van der Waals surface area contributed by atoms with E-state index < -0.39 is 0 Å². The quantitative estimate of drug-likeness (QED) is 0.749. The van der Waals surface area contributed by atoms with E-state index in [-0.39, 0.29) is 11.5 Å². The molecule has 1 aliphatic heterocycles. The number of ether oxygens (including phenoxy) is 2. The molecule has 0 radical (unpaired) electrons. The summed E-state index contributed by atoms with van der Waals surface area (Å²) in [5.74, 6) is 2.00. The van der Waals surface area contributed by atoms with Crippen LogP contribution < -0.4 is 9.47 Å². The third-order valence-electron chi connectivity index (χ3n) is 3.28. The van der Waals surface area contributed by atoms with E-state index in [1.54, 1.807) is 6.07 Å². The first-order valence-electron chi connectivity index (χ1n) is 6.87. The van der Waals surface area contributed by atoms with Gasteiger partial charge in [0.15, 0.2) is 23.4 Å². The molecule has 0 saturated carbocycles. The van der Waals surface area contributed by atoms with Crippen molar-refractivity contribution in [2.45, 2.75) is 32.3 Å². The van der Waals surface area contributed by atoms with Crippen LogP contribution in [-0.4, -0.2) is 16.6 Å². The zero-order valence-corrected chi connectivity index (χ0v) is 13.0. The van der Waals surface area contributed by atoms with Crippen molar-refractivity contribution in [1.29, 1.82) is 0 Å².